The maximum absolute atomic E-state index is 11.4. The third-order valence-corrected chi connectivity index (χ3v) is 2.22. The molecule has 0 aliphatic carbocycles. The average molecular weight is 227 g/mol. The molecule has 1 unspecified atom stereocenters. The van der Waals surface area contributed by atoms with Crippen LogP contribution in [0.3, 0.4) is 0 Å². The molecule has 0 fully saturated rings. The molecule has 0 bridgehead atoms. The molecule has 90 valence electrons. The number of aliphatic carboxylic acids is 1. The van der Waals surface area contributed by atoms with Gasteiger partial charge in [0.05, 0.1) is 5.97 Å². The number of hydrogen-bond acceptors (Lipinski definition) is 5. The van der Waals surface area contributed by atoms with Gasteiger partial charge in [-0.3, -0.25) is 0 Å². The van der Waals surface area contributed by atoms with Crippen molar-refractivity contribution in [2.24, 2.45) is 0 Å². The fraction of sp³-hybridized carbons (Fsp3) is 0.600. The van der Waals surface area contributed by atoms with Crippen molar-refractivity contribution >= 4 is 5.97 Å². The largest absolute Gasteiger partial charge is 0.856 e. The molecule has 1 atom stereocenters. The van der Waals surface area contributed by atoms with E-state index in [4.69, 9.17) is 4.52 Å². The minimum atomic E-state index is -1.29. The van der Waals surface area contributed by atoms with Crippen LogP contribution in [0.4, 0.5) is 0 Å². The third kappa shape index (κ3) is 2.52. The van der Waals surface area contributed by atoms with Crippen molar-refractivity contribution in [2.75, 3.05) is 0 Å². The normalized spacial score (nSPS) is 13.8. The van der Waals surface area contributed by atoms with Crippen LogP contribution in [0.5, 0.6) is 5.88 Å². The summed E-state index contributed by atoms with van der Waals surface area (Å²) in [5.74, 6) is -1.41. The number of nitrogens with zero attached hydrogens (tertiary/aromatic N) is 1. The molecule has 1 heterocycles. The number of carbonyl (C=O) groups is 1. The molecule has 1 aromatic rings. The molecule has 0 radical (unpaired) electrons. The highest BCUT2D eigenvalue weighted by Gasteiger charge is 2.26. The maximum atomic E-state index is 11.4. The molecule has 0 saturated carbocycles. The van der Waals surface area contributed by atoms with E-state index in [0.717, 1.165) is 0 Å². The minimum absolute atomic E-state index is 0.0166. The molecule has 0 aliphatic heterocycles. The fourth-order valence-electron chi connectivity index (χ4n) is 1.39. The second-order valence-electron chi connectivity index (χ2n) is 4.77. The van der Waals surface area contributed by atoms with Crippen molar-refractivity contribution in [1.82, 2.24) is 5.16 Å². The molecular formula is C10H15N2O4-. The van der Waals surface area contributed by atoms with Gasteiger partial charge in [-0.05, 0) is 0 Å². The molecule has 0 aliphatic rings. The molecule has 0 saturated heterocycles. The number of carboxylic acids is 1. The summed E-state index contributed by atoms with van der Waals surface area (Å²) < 4.78 is 4.94. The summed E-state index contributed by atoms with van der Waals surface area (Å²) in [6.45, 7) is 5.56. The lowest BCUT2D eigenvalue weighted by atomic mass is 9.88. The van der Waals surface area contributed by atoms with E-state index in [1.807, 2.05) is 20.8 Å². The highest BCUT2D eigenvalue weighted by Crippen LogP contribution is 2.30. The average Bonchev–Trinajstić information content (AvgIpc) is 2.47. The van der Waals surface area contributed by atoms with Crippen LogP contribution in [-0.2, 0) is 16.6 Å². The molecule has 0 spiro atoms. The van der Waals surface area contributed by atoms with Crippen molar-refractivity contribution < 1.29 is 25.3 Å². The molecule has 0 amide bonds. The summed E-state index contributed by atoms with van der Waals surface area (Å²) in [5, 5.41) is 25.3. The smallest absolute Gasteiger partial charge is 0.144 e. The summed E-state index contributed by atoms with van der Waals surface area (Å²) in [6, 6.07) is -0.979. The quantitative estimate of drug-likeness (QED) is 0.637. The summed E-state index contributed by atoms with van der Waals surface area (Å²) in [4.78, 5) is 10.6. The van der Waals surface area contributed by atoms with E-state index in [-0.39, 0.29) is 12.0 Å². The summed E-state index contributed by atoms with van der Waals surface area (Å²) in [5.41, 5.74) is 3.29. The lowest BCUT2D eigenvalue weighted by Crippen LogP contribution is -2.69. The predicted molar refractivity (Wildman–Crippen MR) is 50.0 cm³/mol. The van der Waals surface area contributed by atoms with Crippen molar-refractivity contribution in [3.05, 3.63) is 11.3 Å². The number of hydrogen-bond donors (Lipinski definition) is 1. The third-order valence-electron chi connectivity index (χ3n) is 2.22. The minimum Gasteiger partial charge on any atom is -0.856 e. The van der Waals surface area contributed by atoms with Gasteiger partial charge in [0.2, 0.25) is 0 Å². The van der Waals surface area contributed by atoms with Gasteiger partial charge in [0.15, 0.2) is 0 Å². The van der Waals surface area contributed by atoms with Crippen molar-refractivity contribution in [3.8, 4) is 5.88 Å². The van der Waals surface area contributed by atoms with Crippen LogP contribution >= 0.6 is 0 Å². The number of quaternary nitrogens is 1. The first-order valence-corrected chi connectivity index (χ1v) is 4.93. The van der Waals surface area contributed by atoms with Crippen LogP contribution in [0.15, 0.2) is 4.52 Å². The van der Waals surface area contributed by atoms with Gasteiger partial charge in [-0.2, -0.15) is 0 Å². The molecule has 0 aromatic carbocycles. The first-order valence-electron chi connectivity index (χ1n) is 4.93. The Balaban J connectivity index is 3.04. The Hall–Kier alpha value is -1.56. The Morgan fingerprint density at radius 3 is 2.56 bits per heavy atom. The molecule has 6 nitrogen and oxygen atoms in total. The zero-order valence-corrected chi connectivity index (χ0v) is 9.57. The van der Waals surface area contributed by atoms with Gasteiger partial charge in [0.25, 0.3) is 0 Å². The lowest BCUT2D eigenvalue weighted by Gasteiger charge is -2.18. The summed E-state index contributed by atoms with van der Waals surface area (Å²) >= 11 is 0. The zero-order valence-electron chi connectivity index (χ0n) is 9.57. The summed E-state index contributed by atoms with van der Waals surface area (Å²) in [7, 11) is 0. The Labute approximate surface area is 93.0 Å². The molecule has 6 heteroatoms. The second kappa shape index (κ2) is 4.13. The van der Waals surface area contributed by atoms with Gasteiger partial charge in [-0.25, -0.2) is 0 Å². The zero-order chi connectivity index (χ0) is 12.5. The van der Waals surface area contributed by atoms with Crippen LogP contribution < -0.4 is 15.9 Å². The van der Waals surface area contributed by atoms with E-state index in [9.17, 15) is 15.0 Å². The highest BCUT2D eigenvalue weighted by atomic mass is 16.5. The lowest BCUT2D eigenvalue weighted by molar-refractivity contribution is -0.437. The Bertz CT molecular complexity index is 392. The number of carbonyl (C=O) groups excluding carboxylic acids is 1. The van der Waals surface area contributed by atoms with Crippen molar-refractivity contribution in [1.29, 1.82) is 0 Å². The standard InChI is InChI=1S/C10H16N2O4/c1-10(2,3)7-5(8(13)12-16-7)4-6(11)9(14)15/h6H,4,11H2,1-3H3,(H,12,13)(H,14,15)/p-1. The van der Waals surface area contributed by atoms with Crippen molar-refractivity contribution in [2.45, 2.75) is 38.6 Å². The van der Waals surface area contributed by atoms with Crippen LogP contribution in [0.1, 0.15) is 32.1 Å². The highest BCUT2D eigenvalue weighted by molar-refractivity contribution is 5.69. The predicted octanol–water partition coefficient (Wildman–Crippen LogP) is -2.05. The van der Waals surface area contributed by atoms with Gasteiger partial charge < -0.3 is 25.3 Å². The first-order chi connectivity index (χ1) is 7.23. The van der Waals surface area contributed by atoms with Gasteiger partial charge in [-0.15, -0.1) is 0 Å². The Kier molecular flexibility index (Phi) is 3.23. The molecule has 1 aromatic heterocycles. The summed E-state index contributed by atoms with van der Waals surface area (Å²) in [6.07, 6.45) is -0.0166. The van der Waals surface area contributed by atoms with Crippen LogP contribution in [-0.4, -0.2) is 17.2 Å². The van der Waals surface area contributed by atoms with Crippen LogP contribution in [0.25, 0.3) is 0 Å². The topological polar surface area (TPSA) is 117 Å². The van der Waals surface area contributed by atoms with Gasteiger partial charge in [0, 0.05) is 23.3 Å². The SMILES string of the molecule is CC(C)(C)c1onc([O-])c1CC([NH3+])C(=O)[O-]. The van der Waals surface area contributed by atoms with E-state index in [0.29, 0.717) is 5.76 Å². The molecule has 1 rings (SSSR count). The van der Waals surface area contributed by atoms with E-state index in [2.05, 4.69) is 10.9 Å². The van der Waals surface area contributed by atoms with E-state index in [1.165, 1.54) is 0 Å². The number of rotatable bonds is 3. The van der Waals surface area contributed by atoms with E-state index >= 15 is 0 Å². The monoisotopic (exact) mass is 227 g/mol. The number of carboxylic acid groups (broad SMARTS) is 1. The fourth-order valence-corrected chi connectivity index (χ4v) is 1.39. The molecular weight excluding hydrogens is 212 g/mol. The first kappa shape index (κ1) is 12.5. The van der Waals surface area contributed by atoms with Gasteiger partial charge >= 0.3 is 0 Å². The number of aromatic nitrogens is 1. The van der Waals surface area contributed by atoms with E-state index in [1.54, 1.807) is 0 Å². The Morgan fingerprint density at radius 2 is 2.12 bits per heavy atom. The molecule has 3 N–H and O–H groups in total. The van der Waals surface area contributed by atoms with Gasteiger partial charge in [0.1, 0.15) is 11.8 Å². The van der Waals surface area contributed by atoms with E-state index < -0.39 is 23.3 Å². The maximum Gasteiger partial charge on any atom is 0.144 e. The van der Waals surface area contributed by atoms with Crippen molar-refractivity contribution in [3.63, 3.8) is 0 Å². The van der Waals surface area contributed by atoms with Gasteiger partial charge in [-0.1, -0.05) is 25.9 Å². The van der Waals surface area contributed by atoms with Crippen LogP contribution in [0.2, 0.25) is 0 Å². The van der Waals surface area contributed by atoms with Crippen LogP contribution in [0, 0.1) is 0 Å². The Morgan fingerprint density at radius 1 is 1.56 bits per heavy atom. The second-order valence-corrected chi connectivity index (χ2v) is 4.77. The molecule has 16 heavy (non-hydrogen) atoms.